The summed E-state index contributed by atoms with van der Waals surface area (Å²) in [4.78, 5) is 1.37. The van der Waals surface area contributed by atoms with E-state index in [9.17, 15) is 13.2 Å². The van der Waals surface area contributed by atoms with Gasteiger partial charge < -0.3 is 5.73 Å². The first kappa shape index (κ1) is 16.2. The smallest absolute Gasteiger partial charge is 0.330 e. The topological polar surface area (TPSA) is 26.0 Å². The highest BCUT2D eigenvalue weighted by Crippen LogP contribution is 2.37. The monoisotopic (exact) mass is 331 g/mol. The molecule has 0 aliphatic carbocycles. The minimum atomic E-state index is -4.37. The van der Waals surface area contributed by atoms with E-state index < -0.39 is 11.7 Å². The van der Waals surface area contributed by atoms with Crippen LogP contribution in [0.25, 0.3) is 0 Å². The average molecular weight is 332 g/mol. The normalized spacial score (nSPS) is 11.7. The molecular formula is C15H13ClF3NS. The van der Waals surface area contributed by atoms with Crippen LogP contribution >= 0.6 is 23.4 Å². The van der Waals surface area contributed by atoms with Crippen LogP contribution in [-0.4, -0.2) is 6.54 Å². The Balaban J connectivity index is 2.31. The highest BCUT2D eigenvalue weighted by Gasteiger charge is 2.33. The molecule has 6 heteroatoms. The summed E-state index contributed by atoms with van der Waals surface area (Å²) in [6.45, 7) is 0.187. The van der Waals surface area contributed by atoms with Gasteiger partial charge in [-0.25, -0.2) is 0 Å². The highest BCUT2D eigenvalue weighted by molar-refractivity contribution is 7.99. The fraction of sp³-hybridized carbons (Fsp3) is 0.200. The van der Waals surface area contributed by atoms with Gasteiger partial charge in [0.1, 0.15) is 0 Å². The summed E-state index contributed by atoms with van der Waals surface area (Å²) >= 11 is 7.05. The van der Waals surface area contributed by atoms with E-state index in [0.29, 0.717) is 9.92 Å². The van der Waals surface area contributed by atoms with Crippen molar-refractivity contribution in [2.24, 2.45) is 5.73 Å². The highest BCUT2D eigenvalue weighted by atomic mass is 35.5. The van der Waals surface area contributed by atoms with E-state index in [1.165, 1.54) is 23.9 Å². The van der Waals surface area contributed by atoms with Crippen LogP contribution in [0.2, 0.25) is 5.02 Å². The molecule has 0 aromatic heterocycles. The Morgan fingerprint density at radius 2 is 1.62 bits per heavy atom. The van der Waals surface area contributed by atoms with Gasteiger partial charge in [-0.3, -0.25) is 0 Å². The average Bonchev–Trinajstić information content (AvgIpc) is 2.42. The molecule has 2 N–H and O–H groups in total. The molecule has 112 valence electrons. The molecule has 2 aromatic carbocycles. The Kier molecular flexibility index (Phi) is 5.19. The van der Waals surface area contributed by atoms with E-state index in [0.717, 1.165) is 4.90 Å². The molecule has 2 rings (SSSR count). The number of nitrogens with two attached hydrogens (primary N) is 1. The number of halogens is 4. The third-order valence-corrected chi connectivity index (χ3v) is 4.10. The second-order valence-electron chi connectivity index (χ2n) is 4.41. The van der Waals surface area contributed by atoms with Crippen LogP contribution < -0.4 is 5.73 Å². The molecule has 0 heterocycles. The van der Waals surface area contributed by atoms with E-state index in [1.807, 2.05) is 0 Å². The number of alkyl halides is 3. The van der Waals surface area contributed by atoms with Gasteiger partial charge in [0, 0.05) is 14.8 Å². The Hall–Kier alpha value is -1.17. The van der Waals surface area contributed by atoms with Crippen LogP contribution in [0.3, 0.4) is 0 Å². The van der Waals surface area contributed by atoms with Crippen LogP contribution in [0.15, 0.2) is 52.3 Å². The quantitative estimate of drug-likeness (QED) is 0.852. The molecule has 0 spiro atoms. The molecule has 0 aliphatic rings. The van der Waals surface area contributed by atoms with Crippen molar-refractivity contribution in [3.05, 3.63) is 58.6 Å². The van der Waals surface area contributed by atoms with Gasteiger partial charge in [0.25, 0.3) is 0 Å². The summed E-state index contributed by atoms with van der Waals surface area (Å²) in [5.74, 6) is 0. The van der Waals surface area contributed by atoms with Crippen LogP contribution in [0.4, 0.5) is 13.2 Å². The molecular weight excluding hydrogens is 319 g/mol. The van der Waals surface area contributed by atoms with Gasteiger partial charge in [-0.05, 0) is 54.9 Å². The predicted molar refractivity (Wildman–Crippen MR) is 79.8 cm³/mol. The molecule has 0 saturated carbocycles. The third-order valence-electron chi connectivity index (χ3n) is 2.85. The largest absolute Gasteiger partial charge is 0.416 e. The van der Waals surface area contributed by atoms with E-state index in [1.54, 1.807) is 30.3 Å². The van der Waals surface area contributed by atoms with Gasteiger partial charge in [0.05, 0.1) is 5.56 Å². The van der Waals surface area contributed by atoms with E-state index >= 15 is 0 Å². The van der Waals surface area contributed by atoms with Gasteiger partial charge in [-0.1, -0.05) is 29.4 Å². The third kappa shape index (κ3) is 4.40. The summed E-state index contributed by atoms with van der Waals surface area (Å²) in [7, 11) is 0. The molecule has 0 unspecified atom stereocenters. The van der Waals surface area contributed by atoms with Crippen molar-refractivity contribution in [2.45, 2.75) is 22.4 Å². The summed E-state index contributed by atoms with van der Waals surface area (Å²) < 4.78 is 39.2. The fourth-order valence-electron chi connectivity index (χ4n) is 1.90. The number of hydrogen-bond donors (Lipinski definition) is 1. The van der Waals surface area contributed by atoms with Crippen LogP contribution in [0.1, 0.15) is 11.1 Å². The Bertz CT molecular complexity index is 611. The molecule has 0 fully saturated rings. The molecule has 0 atom stereocenters. The van der Waals surface area contributed by atoms with Crippen molar-refractivity contribution in [3.63, 3.8) is 0 Å². The van der Waals surface area contributed by atoms with Crippen molar-refractivity contribution in [2.75, 3.05) is 6.54 Å². The van der Waals surface area contributed by atoms with Crippen molar-refractivity contribution in [3.8, 4) is 0 Å². The van der Waals surface area contributed by atoms with Crippen molar-refractivity contribution < 1.29 is 13.2 Å². The first-order valence-corrected chi connectivity index (χ1v) is 7.43. The first-order chi connectivity index (χ1) is 9.90. The Morgan fingerprint density at radius 3 is 2.19 bits per heavy atom. The maximum Gasteiger partial charge on any atom is 0.416 e. The minimum absolute atomic E-state index is 0.187. The first-order valence-electron chi connectivity index (χ1n) is 6.24. The zero-order valence-electron chi connectivity index (χ0n) is 11.0. The standard InChI is InChI=1S/C15H13ClF3NS/c16-11-2-5-12(6-3-11)21-13-4-1-10(7-8-20)14(9-13)15(17,18)19/h1-6,9H,7-8,20H2. The van der Waals surface area contributed by atoms with Crippen LogP contribution in [0.5, 0.6) is 0 Å². The fourth-order valence-corrected chi connectivity index (χ4v) is 2.88. The van der Waals surface area contributed by atoms with Crippen molar-refractivity contribution in [1.29, 1.82) is 0 Å². The Labute approximate surface area is 130 Å². The van der Waals surface area contributed by atoms with E-state index in [2.05, 4.69) is 0 Å². The molecule has 21 heavy (non-hydrogen) atoms. The Morgan fingerprint density at radius 1 is 1.00 bits per heavy atom. The zero-order valence-corrected chi connectivity index (χ0v) is 12.5. The van der Waals surface area contributed by atoms with E-state index in [-0.39, 0.29) is 18.5 Å². The maximum atomic E-state index is 13.1. The number of rotatable bonds is 4. The molecule has 0 saturated heterocycles. The summed E-state index contributed by atoms with van der Waals surface area (Å²) in [6, 6.07) is 11.3. The molecule has 2 aromatic rings. The second kappa shape index (κ2) is 6.73. The zero-order chi connectivity index (χ0) is 15.5. The molecule has 1 nitrogen and oxygen atoms in total. The van der Waals surface area contributed by atoms with Crippen LogP contribution in [0, 0.1) is 0 Å². The van der Waals surface area contributed by atoms with Gasteiger partial charge >= 0.3 is 6.18 Å². The lowest BCUT2D eigenvalue weighted by Gasteiger charge is -2.14. The maximum absolute atomic E-state index is 13.1. The molecule has 0 radical (unpaired) electrons. The number of hydrogen-bond acceptors (Lipinski definition) is 2. The van der Waals surface area contributed by atoms with Crippen molar-refractivity contribution >= 4 is 23.4 Å². The lowest BCUT2D eigenvalue weighted by molar-refractivity contribution is -0.138. The minimum Gasteiger partial charge on any atom is -0.330 e. The molecule has 0 bridgehead atoms. The predicted octanol–water partition coefficient (Wildman–Crippen LogP) is 5.01. The molecule has 0 aliphatic heterocycles. The van der Waals surface area contributed by atoms with Gasteiger partial charge in [-0.2, -0.15) is 13.2 Å². The lowest BCUT2D eigenvalue weighted by atomic mass is 10.0. The van der Waals surface area contributed by atoms with E-state index in [4.69, 9.17) is 17.3 Å². The van der Waals surface area contributed by atoms with Crippen molar-refractivity contribution in [1.82, 2.24) is 0 Å². The van der Waals surface area contributed by atoms with Crippen LogP contribution in [-0.2, 0) is 12.6 Å². The number of benzene rings is 2. The summed E-state index contributed by atoms with van der Waals surface area (Å²) in [6.07, 6.45) is -4.16. The SMILES string of the molecule is NCCc1ccc(Sc2ccc(Cl)cc2)cc1C(F)(F)F. The molecule has 0 amide bonds. The summed E-state index contributed by atoms with van der Waals surface area (Å²) in [5, 5.41) is 0.591. The lowest BCUT2D eigenvalue weighted by Crippen LogP contribution is -2.12. The van der Waals surface area contributed by atoms with Gasteiger partial charge in [-0.15, -0.1) is 0 Å². The van der Waals surface area contributed by atoms with Gasteiger partial charge in [0.15, 0.2) is 0 Å². The second-order valence-corrected chi connectivity index (χ2v) is 5.99. The van der Waals surface area contributed by atoms with Gasteiger partial charge in [0.2, 0.25) is 0 Å². The summed E-state index contributed by atoms with van der Waals surface area (Å²) in [5.41, 5.74) is 4.97.